The summed E-state index contributed by atoms with van der Waals surface area (Å²) < 4.78 is 5.13. The Morgan fingerprint density at radius 1 is 0.971 bits per heavy atom. The van der Waals surface area contributed by atoms with Gasteiger partial charge in [0.15, 0.2) is 11.5 Å². The third-order valence-corrected chi connectivity index (χ3v) is 5.97. The predicted octanol–water partition coefficient (Wildman–Crippen LogP) is 4.64. The van der Waals surface area contributed by atoms with Crippen LogP contribution in [-0.2, 0) is 0 Å². The van der Waals surface area contributed by atoms with Crippen molar-refractivity contribution in [1.82, 2.24) is 14.9 Å². The van der Waals surface area contributed by atoms with E-state index >= 15 is 0 Å². The summed E-state index contributed by atoms with van der Waals surface area (Å²) in [6.45, 7) is 6.81. The number of carbonyl (C=O) groups excluding carboxylic acids is 1. The van der Waals surface area contributed by atoms with Gasteiger partial charge in [-0.05, 0) is 42.5 Å². The maximum absolute atomic E-state index is 12.7. The Morgan fingerprint density at radius 2 is 1.69 bits per heavy atom. The number of piperazine rings is 1. The number of methoxy groups -OCH3 is 1. The molecule has 0 unspecified atom stereocenters. The number of carbonyl (C=O) groups is 1. The lowest BCUT2D eigenvalue weighted by Gasteiger charge is -2.36. The first-order valence-corrected chi connectivity index (χ1v) is 11.7. The highest BCUT2D eigenvalue weighted by atomic mass is 16.5. The number of aromatic hydroxyl groups is 2. The van der Waals surface area contributed by atoms with Crippen molar-refractivity contribution >= 4 is 22.6 Å². The van der Waals surface area contributed by atoms with Crippen LogP contribution in [0.1, 0.15) is 24.2 Å². The Bertz CT molecular complexity index is 1310. The number of rotatable bonds is 4. The van der Waals surface area contributed by atoms with Crippen LogP contribution in [0, 0.1) is 0 Å². The van der Waals surface area contributed by atoms with Gasteiger partial charge in [-0.15, -0.1) is 0 Å². The van der Waals surface area contributed by atoms with Crippen LogP contribution in [0.3, 0.4) is 0 Å². The van der Waals surface area contributed by atoms with E-state index in [2.05, 4.69) is 14.9 Å². The first-order valence-electron chi connectivity index (χ1n) is 11.7. The number of phenolic OH excluding ortho intramolecular Hbond substituents is 2. The van der Waals surface area contributed by atoms with Crippen LogP contribution in [0.15, 0.2) is 60.7 Å². The fourth-order valence-corrected chi connectivity index (χ4v) is 4.15. The van der Waals surface area contributed by atoms with Crippen LogP contribution in [0.2, 0.25) is 0 Å². The first kappa shape index (κ1) is 23.9. The van der Waals surface area contributed by atoms with Gasteiger partial charge in [-0.3, -0.25) is 4.79 Å². The fraction of sp³-hybridized carbons (Fsp3) is 0.259. The number of aromatic nitrogens is 2. The maximum Gasteiger partial charge on any atom is 0.253 e. The molecular formula is C27H30N4O4. The number of imidazole rings is 1. The minimum atomic E-state index is -0.301. The Hall–Kier alpha value is -4.20. The number of phenols is 2. The van der Waals surface area contributed by atoms with E-state index in [0.717, 1.165) is 29.8 Å². The highest BCUT2D eigenvalue weighted by Gasteiger charge is 2.22. The molecule has 0 atom stereocenters. The number of hydrogen-bond acceptors (Lipinski definition) is 6. The van der Waals surface area contributed by atoms with Gasteiger partial charge in [0.1, 0.15) is 5.82 Å². The van der Waals surface area contributed by atoms with Gasteiger partial charge < -0.3 is 29.7 Å². The van der Waals surface area contributed by atoms with Gasteiger partial charge >= 0.3 is 0 Å². The van der Waals surface area contributed by atoms with Gasteiger partial charge in [0.25, 0.3) is 5.91 Å². The summed E-state index contributed by atoms with van der Waals surface area (Å²) in [6.07, 6.45) is 0. The van der Waals surface area contributed by atoms with Crippen LogP contribution >= 0.6 is 0 Å². The lowest BCUT2D eigenvalue weighted by Crippen LogP contribution is -2.48. The van der Waals surface area contributed by atoms with E-state index in [9.17, 15) is 15.0 Å². The Labute approximate surface area is 204 Å². The van der Waals surface area contributed by atoms with E-state index in [1.807, 2.05) is 67.3 Å². The number of anilines is 1. The summed E-state index contributed by atoms with van der Waals surface area (Å²) in [5, 5.41) is 19.9. The molecule has 0 saturated carbocycles. The first-order chi connectivity index (χ1) is 17.0. The second-order valence-electron chi connectivity index (χ2n) is 7.98. The van der Waals surface area contributed by atoms with Crippen molar-refractivity contribution in [1.29, 1.82) is 0 Å². The number of nitrogens with one attached hydrogen (secondary N) is 1. The van der Waals surface area contributed by atoms with Crippen molar-refractivity contribution in [3.8, 4) is 28.6 Å². The normalized spacial score (nSPS) is 13.3. The third-order valence-electron chi connectivity index (χ3n) is 5.97. The van der Waals surface area contributed by atoms with E-state index in [1.165, 1.54) is 13.2 Å². The van der Waals surface area contributed by atoms with Gasteiger partial charge in [0.05, 0.1) is 18.1 Å². The van der Waals surface area contributed by atoms with Gasteiger partial charge in [0.2, 0.25) is 5.75 Å². The zero-order valence-electron chi connectivity index (χ0n) is 20.2. The molecular weight excluding hydrogens is 444 g/mol. The number of ether oxygens (including phenoxy) is 1. The van der Waals surface area contributed by atoms with E-state index in [0.29, 0.717) is 30.0 Å². The number of nitrogens with zero attached hydrogens (tertiary/aromatic N) is 3. The number of H-pyrrole nitrogens is 1. The Balaban J connectivity index is 0.00000141. The molecule has 1 saturated heterocycles. The largest absolute Gasteiger partial charge is 0.504 e. The Morgan fingerprint density at radius 3 is 2.37 bits per heavy atom. The number of hydrogen-bond donors (Lipinski definition) is 3. The highest BCUT2D eigenvalue weighted by Crippen LogP contribution is 2.39. The van der Waals surface area contributed by atoms with Crippen LogP contribution in [0.25, 0.3) is 22.4 Å². The standard InChI is InChI=1S/C25H24N4O4.C2H6/c1-33-22-14-17(13-21(30)23(22)31)24-26-19-8-7-18(15-20(19)27-24)28-9-11-29(12-10-28)25(32)16-5-3-2-4-6-16;1-2/h2-8,13-15,30-31H,9-12H2,1H3,(H,26,27);1-2H3. The SMILES string of the molecule is CC.COc1cc(-c2nc3ccc(N4CCN(C(=O)c5ccccc5)CC4)cc3[nH]2)cc(O)c1O. The van der Waals surface area contributed by atoms with Crippen LogP contribution in [0.4, 0.5) is 5.69 Å². The molecule has 182 valence electrons. The molecule has 5 rings (SSSR count). The molecule has 0 spiro atoms. The van der Waals surface area contributed by atoms with E-state index in [4.69, 9.17) is 4.74 Å². The summed E-state index contributed by atoms with van der Waals surface area (Å²) in [7, 11) is 1.43. The summed E-state index contributed by atoms with van der Waals surface area (Å²) >= 11 is 0. The third kappa shape index (κ3) is 4.87. The predicted molar refractivity (Wildman–Crippen MR) is 137 cm³/mol. The molecule has 1 amide bonds. The van der Waals surface area contributed by atoms with Gasteiger partial charge in [-0.1, -0.05) is 32.0 Å². The fourth-order valence-electron chi connectivity index (χ4n) is 4.15. The lowest BCUT2D eigenvalue weighted by molar-refractivity contribution is 0.0747. The van der Waals surface area contributed by atoms with Crippen LogP contribution < -0.4 is 9.64 Å². The van der Waals surface area contributed by atoms with Crippen molar-refractivity contribution in [2.75, 3.05) is 38.2 Å². The van der Waals surface area contributed by atoms with Crippen LogP contribution in [-0.4, -0.2) is 64.3 Å². The molecule has 0 aliphatic carbocycles. The maximum atomic E-state index is 12.7. The molecule has 0 bridgehead atoms. The molecule has 2 heterocycles. The van der Waals surface area contributed by atoms with Crippen LogP contribution in [0.5, 0.6) is 17.2 Å². The summed E-state index contributed by atoms with van der Waals surface area (Å²) in [5.74, 6) is 0.234. The molecule has 4 aromatic rings. The van der Waals surface area contributed by atoms with Crippen molar-refractivity contribution in [3.05, 3.63) is 66.2 Å². The number of amides is 1. The molecule has 8 nitrogen and oxygen atoms in total. The lowest BCUT2D eigenvalue weighted by atomic mass is 10.1. The average Bonchev–Trinajstić information content (AvgIpc) is 3.35. The molecule has 1 fully saturated rings. The molecule has 0 radical (unpaired) electrons. The molecule has 1 aromatic heterocycles. The molecule has 8 heteroatoms. The quantitative estimate of drug-likeness (QED) is 0.373. The molecule has 3 N–H and O–H groups in total. The second kappa shape index (κ2) is 10.4. The zero-order chi connectivity index (χ0) is 24.9. The number of benzene rings is 3. The second-order valence-corrected chi connectivity index (χ2v) is 7.98. The van der Waals surface area contributed by atoms with Crippen molar-refractivity contribution in [2.45, 2.75) is 13.8 Å². The van der Waals surface area contributed by atoms with Gasteiger partial charge in [-0.25, -0.2) is 4.98 Å². The molecule has 1 aliphatic heterocycles. The summed E-state index contributed by atoms with van der Waals surface area (Å²) in [6, 6.07) is 18.4. The van der Waals surface area contributed by atoms with Gasteiger partial charge in [-0.2, -0.15) is 0 Å². The molecule has 1 aliphatic rings. The number of fused-ring (bicyclic) bond motifs is 1. The van der Waals surface area contributed by atoms with E-state index < -0.39 is 0 Å². The summed E-state index contributed by atoms with van der Waals surface area (Å²) in [5.41, 5.74) is 4.02. The zero-order valence-corrected chi connectivity index (χ0v) is 20.2. The minimum Gasteiger partial charge on any atom is -0.504 e. The van der Waals surface area contributed by atoms with Gasteiger partial charge in [0, 0.05) is 43.0 Å². The van der Waals surface area contributed by atoms with E-state index in [1.54, 1.807) is 6.07 Å². The smallest absolute Gasteiger partial charge is 0.253 e. The highest BCUT2D eigenvalue weighted by molar-refractivity contribution is 5.94. The Kier molecular flexibility index (Phi) is 7.10. The molecule has 3 aromatic carbocycles. The molecule has 35 heavy (non-hydrogen) atoms. The monoisotopic (exact) mass is 474 g/mol. The average molecular weight is 475 g/mol. The summed E-state index contributed by atoms with van der Waals surface area (Å²) in [4.78, 5) is 24.7. The van der Waals surface area contributed by atoms with Crippen molar-refractivity contribution < 1.29 is 19.7 Å². The van der Waals surface area contributed by atoms with Crippen molar-refractivity contribution in [3.63, 3.8) is 0 Å². The minimum absolute atomic E-state index is 0.0662. The van der Waals surface area contributed by atoms with Crippen molar-refractivity contribution in [2.24, 2.45) is 0 Å². The topological polar surface area (TPSA) is 102 Å². The number of aromatic amines is 1. The van der Waals surface area contributed by atoms with E-state index in [-0.39, 0.29) is 23.2 Å².